The van der Waals surface area contributed by atoms with Crippen LogP contribution < -0.4 is 0 Å². The Labute approximate surface area is 165 Å². The van der Waals surface area contributed by atoms with E-state index in [-0.39, 0.29) is 0 Å². The van der Waals surface area contributed by atoms with Gasteiger partial charge in [0.25, 0.3) is 0 Å². The fraction of sp³-hybridized carbons (Fsp3) is 1.00. The van der Waals surface area contributed by atoms with Crippen LogP contribution in [0.3, 0.4) is 0 Å². The molecule has 0 radical (unpaired) electrons. The molecule has 0 amide bonds. The highest BCUT2D eigenvalue weighted by Gasteiger charge is 2.30. The number of rotatable bonds is 18. The molecule has 0 saturated carbocycles. The smallest absolute Gasteiger partial charge is 0.334 e. The lowest BCUT2D eigenvalue weighted by molar-refractivity contribution is 0.184. The molecule has 0 aliphatic rings. The van der Waals surface area contributed by atoms with Crippen molar-refractivity contribution >= 4 is 8.56 Å². The van der Waals surface area contributed by atoms with Crippen LogP contribution in [0.5, 0.6) is 0 Å². The average Bonchev–Trinajstić information content (AvgIpc) is 2.61. The van der Waals surface area contributed by atoms with Crippen LogP contribution >= 0.6 is 0 Å². The Kier molecular flexibility index (Phi) is 16.0. The summed E-state index contributed by atoms with van der Waals surface area (Å²) in [7, 11) is 2.45. The number of hydrogen-bond donors (Lipinski definition) is 0. The molecule has 0 heterocycles. The van der Waals surface area contributed by atoms with Crippen molar-refractivity contribution in [2.75, 3.05) is 73.1 Å². The van der Waals surface area contributed by atoms with Crippen molar-refractivity contribution in [3.8, 4) is 0 Å². The van der Waals surface area contributed by atoms with Gasteiger partial charge in [-0.1, -0.05) is 13.8 Å². The molecule has 0 rings (SSSR count). The van der Waals surface area contributed by atoms with Gasteiger partial charge in [0.1, 0.15) is 0 Å². The van der Waals surface area contributed by atoms with Gasteiger partial charge in [0.05, 0.1) is 0 Å². The van der Waals surface area contributed by atoms with E-state index in [0.29, 0.717) is 0 Å². The third-order valence-electron chi connectivity index (χ3n) is 5.11. The summed E-state index contributed by atoms with van der Waals surface area (Å²) in [6.45, 7) is 20.5. The molecule has 0 unspecified atom stereocenters. The van der Waals surface area contributed by atoms with Gasteiger partial charge in [0.2, 0.25) is 0 Å². The molecule has 0 aromatic heterocycles. The Morgan fingerprint density at radius 1 is 0.654 bits per heavy atom. The Morgan fingerprint density at radius 2 is 1.08 bits per heavy atom. The molecule has 0 spiro atoms. The quantitative estimate of drug-likeness (QED) is 0.335. The molecule has 0 aliphatic heterocycles. The van der Waals surface area contributed by atoms with Crippen LogP contribution in [0.25, 0.3) is 0 Å². The SMILES string of the molecule is CCO[Si](C)(CCCN(CCCN(C)CC)CCCN(C)CC)OCC. The summed E-state index contributed by atoms with van der Waals surface area (Å²) in [5.74, 6) is 0. The molecular weight excluding hydrogens is 342 g/mol. The van der Waals surface area contributed by atoms with Gasteiger partial charge < -0.3 is 23.6 Å². The first kappa shape index (κ1) is 26.0. The molecule has 158 valence electrons. The van der Waals surface area contributed by atoms with Crippen LogP contribution in [0, 0.1) is 0 Å². The van der Waals surface area contributed by atoms with Gasteiger partial charge in [-0.3, -0.25) is 0 Å². The second-order valence-electron chi connectivity index (χ2n) is 7.44. The molecular formula is C20H47N3O2Si. The fourth-order valence-corrected chi connectivity index (χ4v) is 5.59. The lowest BCUT2D eigenvalue weighted by Gasteiger charge is -2.28. The lowest BCUT2D eigenvalue weighted by Crippen LogP contribution is -2.40. The normalized spacial score (nSPS) is 12.7. The summed E-state index contributed by atoms with van der Waals surface area (Å²) < 4.78 is 12.0. The molecule has 0 bridgehead atoms. The van der Waals surface area contributed by atoms with E-state index in [1.807, 2.05) is 0 Å². The molecule has 0 atom stereocenters. The maximum Gasteiger partial charge on any atom is 0.334 e. The van der Waals surface area contributed by atoms with E-state index in [1.54, 1.807) is 0 Å². The highest BCUT2D eigenvalue weighted by Crippen LogP contribution is 2.16. The summed E-state index contributed by atoms with van der Waals surface area (Å²) in [5.41, 5.74) is 0. The maximum absolute atomic E-state index is 5.99. The second-order valence-corrected chi connectivity index (χ2v) is 10.8. The van der Waals surface area contributed by atoms with Crippen molar-refractivity contribution < 1.29 is 8.85 Å². The highest BCUT2D eigenvalue weighted by atomic mass is 28.4. The Balaban J connectivity index is 4.38. The van der Waals surface area contributed by atoms with Crippen LogP contribution in [0.2, 0.25) is 12.6 Å². The molecule has 5 nitrogen and oxygen atoms in total. The third-order valence-corrected chi connectivity index (χ3v) is 8.17. The van der Waals surface area contributed by atoms with Gasteiger partial charge >= 0.3 is 8.56 Å². The largest absolute Gasteiger partial charge is 0.395 e. The molecule has 6 heteroatoms. The minimum Gasteiger partial charge on any atom is -0.395 e. The standard InChI is InChI=1S/C20H47N3O2Si/c1-8-21(5)15-12-17-23(18-13-16-22(6)9-2)19-14-20-26(7,24-10-3)25-11-4/h8-20H2,1-7H3. The van der Waals surface area contributed by atoms with E-state index in [9.17, 15) is 0 Å². The number of nitrogens with zero attached hydrogens (tertiary/aromatic N) is 3. The Bertz CT molecular complexity index is 299. The van der Waals surface area contributed by atoms with Crippen LogP contribution in [-0.2, 0) is 8.85 Å². The van der Waals surface area contributed by atoms with E-state index in [2.05, 4.69) is 63.0 Å². The summed E-state index contributed by atoms with van der Waals surface area (Å²) >= 11 is 0. The van der Waals surface area contributed by atoms with Gasteiger partial charge in [-0.05, 0) is 106 Å². The minimum absolute atomic E-state index is 0.763. The zero-order valence-electron chi connectivity index (χ0n) is 18.9. The van der Waals surface area contributed by atoms with Gasteiger partial charge in [-0.25, -0.2) is 0 Å². The number of hydrogen-bond acceptors (Lipinski definition) is 5. The zero-order chi connectivity index (χ0) is 19.8. The molecule has 0 aliphatic carbocycles. The predicted molar refractivity (Wildman–Crippen MR) is 116 cm³/mol. The molecule has 0 aromatic rings. The maximum atomic E-state index is 5.99. The second kappa shape index (κ2) is 16.0. The van der Waals surface area contributed by atoms with Crippen molar-refractivity contribution in [3.05, 3.63) is 0 Å². The molecule has 0 saturated heterocycles. The molecule has 0 N–H and O–H groups in total. The van der Waals surface area contributed by atoms with Gasteiger partial charge in [0.15, 0.2) is 0 Å². The molecule has 0 fully saturated rings. The highest BCUT2D eigenvalue weighted by molar-refractivity contribution is 6.66. The summed E-state index contributed by atoms with van der Waals surface area (Å²) in [4.78, 5) is 7.45. The monoisotopic (exact) mass is 389 g/mol. The van der Waals surface area contributed by atoms with E-state index < -0.39 is 8.56 Å². The van der Waals surface area contributed by atoms with Crippen molar-refractivity contribution in [3.63, 3.8) is 0 Å². The first-order chi connectivity index (χ1) is 12.4. The van der Waals surface area contributed by atoms with Crippen LogP contribution in [-0.4, -0.2) is 96.4 Å². The van der Waals surface area contributed by atoms with E-state index in [4.69, 9.17) is 8.85 Å². The fourth-order valence-electron chi connectivity index (χ4n) is 3.20. The zero-order valence-corrected chi connectivity index (χ0v) is 19.9. The third kappa shape index (κ3) is 13.2. The first-order valence-electron chi connectivity index (χ1n) is 10.8. The van der Waals surface area contributed by atoms with Crippen molar-refractivity contribution in [2.45, 2.75) is 59.5 Å². The predicted octanol–water partition coefficient (Wildman–Crippen LogP) is 3.51. The van der Waals surface area contributed by atoms with Crippen LogP contribution in [0.15, 0.2) is 0 Å². The van der Waals surface area contributed by atoms with Gasteiger partial charge in [0, 0.05) is 13.2 Å². The average molecular weight is 390 g/mol. The van der Waals surface area contributed by atoms with Gasteiger partial charge in [-0.15, -0.1) is 0 Å². The summed E-state index contributed by atoms with van der Waals surface area (Å²) in [6.07, 6.45) is 3.68. The van der Waals surface area contributed by atoms with Crippen molar-refractivity contribution in [1.82, 2.24) is 14.7 Å². The Hall–Kier alpha value is 0.0169. The van der Waals surface area contributed by atoms with E-state index >= 15 is 0 Å². The van der Waals surface area contributed by atoms with Crippen LogP contribution in [0.4, 0.5) is 0 Å². The summed E-state index contributed by atoms with van der Waals surface area (Å²) in [5, 5.41) is 0. The topological polar surface area (TPSA) is 28.2 Å². The summed E-state index contributed by atoms with van der Waals surface area (Å²) in [6, 6.07) is 1.09. The first-order valence-corrected chi connectivity index (χ1v) is 13.3. The lowest BCUT2D eigenvalue weighted by atomic mass is 10.3. The van der Waals surface area contributed by atoms with Gasteiger partial charge in [-0.2, -0.15) is 0 Å². The van der Waals surface area contributed by atoms with Crippen LogP contribution in [0.1, 0.15) is 47.0 Å². The van der Waals surface area contributed by atoms with Crippen molar-refractivity contribution in [1.29, 1.82) is 0 Å². The molecule has 0 aromatic carbocycles. The minimum atomic E-state index is -1.97. The van der Waals surface area contributed by atoms with E-state index in [0.717, 1.165) is 38.9 Å². The Morgan fingerprint density at radius 3 is 1.46 bits per heavy atom. The molecule has 26 heavy (non-hydrogen) atoms. The van der Waals surface area contributed by atoms with E-state index in [1.165, 1.54) is 45.4 Å². The van der Waals surface area contributed by atoms with Crippen molar-refractivity contribution in [2.24, 2.45) is 0 Å².